The van der Waals surface area contributed by atoms with Crippen LogP contribution in [0.1, 0.15) is 22.1 Å². The van der Waals surface area contributed by atoms with E-state index in [1.54, 1.807) is 53.4 Å². The number of nitrogens with one attached hydrogen (secondary N) is 1. The first-order valence-electron chi connectivity index (χ1n) is 8.92. The Morgan fingerprint density at radius 3 is 2.41 bits per heavy atom. The first-order chi connectivity index (χ1) is 14.0. The predicted molar refractivity (Wildman–Crippen MR) is 106 cm³/mol. The van der Waals surface area contributed by atoms with E-state index in [1.165, 1.54) is 12.1 Å². The fourth-order valence-corrected chi connectivity index (χ4v) is 3.25. The Hall–Kier alpha value is -3.87. The lowest BCUT2D eigenvalue weighted by Gasteiger charge is -2.38. The molecule has 0 bridgehead atoms. The van der Waals surface area contributed by atoms with Crippen LogP contribution in [0.4, 0.5) is 15.8 Å². The molecule has 1 heterocycles. The Labute approximate surface area is 166 Å². The summed E-state index contributed by atoms with van der Waals surface area (Å²) >= 11 is 0. The number of carbonyl (C=O) groups excluding carboxylic acids is 1. The van der Waals surface area contributed by atoms with Crippen molar-refractivity contribution in [2.45, 2.75) is 6.17 Å². The number of hydrogen-bond acceptors (Lipinski definition) is 4. The molecule has 2 N–H and O–H groups in total. The zero-order valence-electron chi connectivity index (χ0n) is 15.2. The minimum absolute atomic E-state index is 0.201. The van der Waals surface area contributed by atoms with E-state index >= 15 is 0 Å². The highest BCUT2D eigenvalue weighted by atomic mass is 19.1. The van der Waals surface area contributed by atoms with Crippen molar-refractivity contribution in [2.75, 3.05) is 16.8 Å². The van der Waals surface area contributed by atoms with Crippen molar-refractivity contribution < 1.29 is 23.8 Å². The second-order valence-corrected chi connectivity index (χ2v) is 6.50. The Balaban J connectivity index is 1.72. The van der Waals surface area contributed by atoms with Crippen molar-refractivity contribution in [3.05, 3.63) is 89.7 Å². The molecule has 6 nitrogen and oxygen atoms in total. The van der Waals surface area contributed by atoms with Gasteiger partial charge >= 0.3 is 5.97 Å². The second-order valence-electron chi connectivity index (χ2n) is 6.50. The lowest BCUT2D eigenvalue weighted by molar-refractivity contribution is -0.139. The van der Waals surface area contributed by atoms with E-state index < -0.39 is 18.7 Å². The molecular formula is C22H17FN2O4. The quantitative estimate of drug-likeness (QED) is 0.685. The number of carbonyl (C=O) groups is 2. The molecule has 29 heavy (non-hydrogen) atoms. The third-order valence-electron chi connectivity index (χ3n) is 4.59. The topological polar surface area (TPSA) is 78.9 Å². The second kappa shape index (κ2) is 7.63. The van der Waals surface area contributed by atoms with Gasteiger partial charge in [-0.05, 0) is 54.1 Å². The number of rotatable bonds is 5. The number of hydrogen-bond donors (Lipinski definition) is 2. The average molecular weight is 392 g/mol. The van der Waals surface area contributed by atoms with Gasteiger partial charge in [0.15, 0.2) is 6.61 Å². The van der Waals surface area contributed by atoms with Crippen LogP contribution in [0.5, 0.6) is 5.75 Å². The monoisotopic (exact) mass is 392 g/mol. The molecule has 0 fully saturated rings. The molecule has 3 aromatic carbocycles. The fraction of sp³-hybridized carbons (Fsp3) is 0.0909. The molecule has 0 saturated carbocycles. The summed E-state index contributed by atoms with van der Waals surface area (Å²) in [5.74, 6) is -1.25. The summed E-state index contributed by atoms with van der Waals surface area (Å²) in [6.45, 7) is -0.449. The molecular weight excluding hydrogens is 375 g/mol. The molecule has 7 heteroatoms. The van der Waals surface area contributed by atoms with Crippen LogP contribution in [0.25, 0.3) is 0 Å². The molecule has 0 radical (unpaired) electrons. The molecule has 0 unspecified atom stereocenters. The SMILES string of the molecule is O=C(O)COc1ccc(N2C(=O)c3ccccc3N[C@H]2c2ccc(F)cc2)cc1. The number of carboxylic acid groups (broad SMARTS) is 1. The van der Waals surface area contributed by atoms with Crippen molar-refractivity contribution in [3.8, 4) is 5.75 Å². The number of benzene rings is 3. The molecule has 0 spiro atoms. The standard InChI is InChI=1S/C22H17FN2O4/c23-15-7-5-14(6-8-15)21-24-19-4-2-1-3-18(19)22(28)25(21)16-9-11-17(12-10-16)29-13-20(26)27/h1-12,21,24H,13H2,(H,26,27)/t21-/m1/s1. The fourth-order valence-electron chi connectivity index (χ4n) is 3.25. The third-order valence-corrected chi connectivity index (χ3v) is 4.59. The van der Waals surface area contributed by atoms with E-state index in [4.69, 9.17) is 9.84 Å². The van der Waals surface area contributed by atoms with Gasteiger partial charge in [0.1, 0.15) is 17.7 Å². The van der Waals surface area contributed by atoms with E-state index in [1.807, 2.05) is 12.1 Å². The highest BCUT2D eigenvalue weighted by Gasteiger charge is 2.34. The van der Waals surface area contributed by atoms with Gasteiger partial charge in [0.2, 0.25) is 0 Å². The van der Waals surface area contributed by atoms with E-state index in [-0.39, 0.29) is 11.7 Å². The predicted octanol–water partition coefficient (Wildman–Crippen LogP) is 4.06. The van der Waals surface area contributed by atoms with Gasteiger partial charge in [-0.15, -0.1) is 0 Å². The Morgan fingerprint density at radius 2 is 1.72 bits per heavy atom. The van der Waals surface area contributed by atoms with Crippen LogP contribution < -0.4 is 15.0 Å². The molecule has 1 aliphatic rings. The van der Waals surface area contributed by atoms with Crippen LogP contribution in [0.15, 0.2) is 72.8 Å². The summed E-state index contributed by atoms with van der Waals surface area (Å²) in [7, 11) is 0. The number of aliphatic carboxylic acids is 1. The largest absolute Gasteiger partial charge is 0.482 e. The van der Waals surface area contributed by atoms with E-state index in [9.17, 15) is 14.0 Å². The van der Waals surface area contributed by atoms with Crippen LogP contribution in [0.3, 0.4) is 0 Å². The number of amides is 1. The van der Waals surface area contributed by atoms with Crippen molar-refractivity contribution in [1.82, 2.24) is 0 Å². The lowest BCUT2D eigenvalue weighted by Crippen LogP contribution is -2.43. The molecule has 0 aromatic heterocycles. The summed E-state index contributed by atoms with van der Waals surface area (Å²) < 4.78 is 18.6. The van der Waals surface area contributed by atoms with Gasteiger partial charge in [0.25, 0.3) is 5.91 Å². The lowest BCUT2D eigenvalue weighted by atomic mass is 10.0. The van der Waals surface area contributed by atoms with Crippen molar-refractivity contribution in [2.24, 2.45) is 0 Å². The third kappa shape index (κ3) is 3.75. The molecule has 1 aliphatic heterocycles. The zero-order valence-corrected chi connectivity index (χ0v) is 15.2. The van der Waals surface area contributed by atoms with Gasteiger partial charge in [0.05, 0.1) is 5.56 Å². The number of ether oxygens (including phenoxy) is 1. The Morgan fingerprint density at radius 1 is 1.03 bits per heavy atom. The first kappa shape index (κ1) is 18.5. The van der Waals surface area contributed by atoms with Crippen molar-refractivity contribution in [1.29, 1.82) is 0 Å². The van der Waals surface area contributed by atoms with Crippen LogP contribution in [0, 0.1) is 5.82 Å². The van der Waals surface area contributed by atoms with E-state index in [0.29, 0.717) is 22.7 Å². The molecule has 3 aromatic rings. The summed E-state index contributed by atoms with van der Waals surface area (Å²) in [5.41, 5.74) is 2.54. The smallest absolute Gasteiger partial charge is 0.341 e. The van der Waals surface area contributed by atoms with E-state index in [0.717, 1.165) is 5.56 Å². The van der Waals surface area contributed by atoms with Gasteiger partial charge < -0.3 is 15.2 Å². The number of carboxylic acids is 1. The van der Waals surface area contributed by atoms with Gasteiger partial charge in [0, 0.05) is 11.4 Å². The highest BCUT2D eigenvalue weighted by molar-refractivity contribution is 6.12. The highest BCUT2D eigenvalue weighted by Crippen LogP contribution is 2.37. The molecule has 146 valence electrons. The van der Waals surface area contributed by atoms with Gasteiger partial charge in [-0.25, -0.2) is 9.18 Å². The van der Waals surface area contributed by atoms with Gasteiger partial charge in [-0.2, -0.15) is 0 Å². The minimum atomic E-state index is -1.07. The molecule has 4 rings (SSSR count). The molecule has 1 atom stereocenters. The maximum atomic E-state index is 13.4. The zero-order chi connectivity index (χ0) is 20.4. The Kier molecular flexibility index (Phi) is 4.87. The minimum Gasteiger partial charge on any atom is -0.482 e. The number of halogens is 1. The number of anilines is 2. The number of fused-ring (bicyclic) bond motifs is 1. The number of nitrogens with zero attached hydrogens (tertiary/aromatic N) is 1. The first-order valence-corrected chi connectivity index (χ1v) is 8.92. The normalized spacial score (nSPS) is 15.4. The summed E-state index contributed by atoms with van der Waals surface area (Å²) in [5, 5.41) is 12.1. The van der Waals surface area contributed by atoms with Crippen LogP contribution in [-0.2, 0) is 4.79 Å². The van der Waals surface area contributed by atoms with Crippen molar-refractivity contribution in [3.63, 3.8) is 0 Å². The van der Waals surface area contributed by atoms with Gasteiger partial charge in [-0.3, -0.25) is 9.69 Å². The average Bonchev–Trinajstić information content (AvgIpc) is 2.73. The maximum Gasteiger partial charge on any atom is 0.341 e. The maximum absolute atomic E-state index is 13.4. The summed E-state index contributed by atoms with van der Waals surface area (Å²) in [6.07, 6.45) is -0.538. The number of para-hydroxylation sites is 1. The summed E-state index contributed by atoms with van der Waals surface area (Å²) in [4.78, 5) is 25.5. The van der Waals surface area contributed by atoms with Crippen molar-refractivity contribution >= 4 is 23.3 Å². The van der Waals surface area contributed by atoms with Crippen LogP contribution in [-0.4, -0.2) is 23.6 Å². The van der Waals surface area contributed by atoms with Crippen LogP contribution >= 0.6 is 0 Å². The Bertz CT molecular complexity index is 1050. The molecule has 0 aliphatic carbocycles. The molecule has 1 amide bonds. The molecule has 0 saturated heterocycles. The van der Waals surface area contributed by atoms with E-state index in [2.05, 4.69) is 5.32 Å². The van der Waals surface area contributed by atoms with Gasteiger partial charge in [-0.1, -0.05) is 24.3 Å². The summed E-state index contributed by atoms with van der Waals surface area (Å²) in [6, 6.07) is 19.7. The van der Waals surface area contributed by atoms with Crippen LogP contribution in [0.2, 0.25) is 0 Å².